The lowest BCUT2D eigenvalue weighted by atomic mass is 10.1. The van der Waals surface area contributed by atoms with Crippen molar-refractivity contribution in [2.24, 2.45) is 5.92 Å². The fourth-order valence-corrected chi connectivity index (χ4v) is 2.44. The van der Waals surface area contributed by atoms with Crippen LogP contribution in [0.1, 0.15) is 31.2 Å². The van der Waals surface area contributed by atoms with Gasteiger partial charge in [0.2, 0.25) is 0 Å². The predicted octanol–water partition coefficient (Wildman–Crippen LogP) is 4.15. The first-order valence-electron chi connectivity index (χ1n) is 5.66. The van der Waals surface area contributed by atoms with E-state index in [2.05, 4.69) is 40.2 Å². The van der Waals surface area contributed by atoms with E-state index in [9.17, 15) is 0 Å². The third kappa shape index (κ3) is 3.23. The van der Waals surface area contributed by atoms with Crippen LogP contribution in [0.5, 0.6) is 5.75 Å². The molecule has 15 heavy (non-hydrogen) atoms. The zero-order chi connectivity index (χ0) is 10.5. The van der Waals surface area contributed by atoms with E-state index in [1.807, 2.05) is 0 Å². The minimum Gasteiger partial charge on any atom is -0.493 e. The largest absolute Gasteiger partial charge is 0.493 e. The summed E-state index contributed by atoms with van der Waals surface area (Å²) < 4.78 is 5.77. The molecule has 1 aromatic rings. The van der Waals surface area contributed by atoms with E-state index in [1.54, 1.807) is 0 Å². The van der Waals surface area contributed by atoms with Gasteiger partial charge in [0.05, 0.1) is 6.61 Å². The van der Waals surface area contributed by atoms with Crippen LogP contribution in [0.25, 0.3) is 0 Å². The normalized spacial score (nSPS) is 16.9. The van der Waals surface area contributed by atoms with Gasteiger partial charge in [-0.1, -0.05) is 40.9 Å². The van der Waals surface area contributed by atoms with Crippen molar-refractivity contribution in [2.45, 2.75) is 31.0 Å². The number of rotatable bonds is 4. The summed E-state index contributed by atoms with van der Waals surface area (Å²) in [6.07, 6.45) is 5.46. The second-order valence-corrected chi connectivity index (χ2v) is 4.80. The summed E-state index contributed by atoms with van der Waals surface area (Å²) in [6.45, 7) is 0.896. The van der Waals surface area contributed by atoms with Gasteiger partial charge in [0.25, 0.3) is 0 Å². The molecule has 0 spiro atoms. The monoisotopic (exact) mass is 268 g/mol. The van der Waals surface area contributed by atoms with Crippen LogP contribution in [0.3, 0.4) is 0 Å². The summed E-state index contributed by atoms with van der Waals surface area (Å²) in [6, 6.07) is 8.34. The first-order valence-corrected chi connectivity index (χ1v) is 6.78. The fourth-order valence-electron chi connectivity index (χ4n) is 2.07. The number of hydrogen-bond acceptors (Lipinski definition) is 1. The van der Waals surface area contributed by atoms with Crippen LogP contribution < -0.4 is 4.74 Å². The summed E-state index contributed by atoms with van der Waals surface area (Å²) in [4.78, 5) is 0. The summed E-state index contributed by atoms with van der Waals surface area (Å²) in [5, 5.41) is 0.913. The van der Waals surface area contributed by atoms with Crippen LogP contribution >= 0.6 is 15.9 Å². The molecule has 1 aliphatic carbocycles. The molecule has 0 unspecified atom stereocenters. The van der Waals surface area contributed by atoms with E-state index in [0.717, 1.165) is 23.6 Å². The molecule has 82 valence electrons. The Morgan fingerprint density at radius 1 is 1.13 bits per heavy atom. The molecule has 2 rings (SSSR count). The minimum absolute atomic E-state index is 0.792. The van der Waals surface area contributed by atoms with Gasteiger partial charge in [-0.3, -0.25) is 0 Å². The molecule has 0 N–H and O–H groups in total. The van der Waals surface area contributed by atoms with Crippen molar-refractivity contribution in [1.82, 2.24) is 0 Å². The SMILES string of the molecule is BrCc1ccc(OCC2CCCC2)cc1. The van der Waals surface area contributed by atoms with E-state index >= 15 is 0 Å². The van der Waals surface area contributed by atoms with E-state index < -0.39 is 0 Å². The Morgan fingerprint density at radius 2 is 1.80 bits per heavy atom. The lowest BCUT2D eigenvalue weighted by Gasteiger charge is -2.11. The van der Waals surface area contributed by atoms with E-state index in [0.29, 0.717) is 0 Å². The third-order valence-corrected chi connectivity index (χ3v) is 3.69. The average Bonchev–Trinajstić information content (AvgIpc) is 2.80. The molecular weight excluding hydrogens is 252 g/mol. The predicted molar refractivity (Wildman–Crippen MR) is 66.5 cm³/mol. The van der Waals surface area contributed by atoms with Crippen LogP contribution in [0, 0.1) is 5.92 Å². The number of benzene rings is 1. The van der Waals surface area contributed by atoms with E-state index in [-0.39, 0.29) is 0 Å². The van der Waals surface area contributed by atoms with Crippen molar-refractivity contribution in [2.75, 3.05) is 6.61 Å². The molecule has 0 atom stereocenters. The van der Waals surface area contributed by atoms with Crippen LogP contribution in [-0.4, -0.2) is 6.61 Å². The van der Waals surface area contributed by atoms with Gasteiger partial charge in [0.1, 0.15) is 5.75 Å². The molecule has 0 heterocycles. The Bertz CT molecular complexity index is 288. The lowest BCUT2D eigenvalue weighted by Crippen LogP contribution is -2.07. The zero-order valence-corrected chi connectivity index (χ0v) is 10.5. The van der Waals surface area contributed by atoms with Gasteiger partial charge in [0.15, 0.2) is 0 Å². The molecule has 1 aromatic carbocycles. The highest BCUT2D eigenvalue weighted by atomic mass is 79.9. The molecule has 0 bridgehead atoms. The quantitative estimate of drug-likeness (QED) is 0.746. The molecule has 1 nitrogen and oxygen atoms in total. The Hall–Kier alpha value is -0.500. The Balaban J connectivity index is 1.82. The Morgan fingerprint density at radius 3 is 2.40 bits per heavy atom. The molecule has 0 aliphatic heterocycles. The maximum absolute atomic E-state index is 5.77. The molecular formula is C13H17BrO. The highest BCUT2D eigenvalue weighted by molar-refractivity contribution is 9.08. The highest BCUT2D eigenvalue weighted by Crippen LogP contribution is 2.25. The number of ether oxygens (including phenoxy) is 1. The van der Waals surface area contributed by atoms with Gasteiger partial charge in [-0.2, -0.15) is 0 Å². The fraction of sp³-hybridized carbons (Fsp3) is 0.538. The van der Waals surface area contributed by atoms with Gasteiger partial charge in [0, 0.05) is 5.33 Å². The second-order valence-electron chi connectivity index (χ2n) is 4.24. The molecule has 1 saturated carbocycles. The molecule has 0 aromatic heterocycles. The minimum atomic E-state index is 0.792. The van der Waals surface area contributed by atoms with Crippen molar-refractivity contribution < 1.29 is 4.74 Å². The molecule has 2 heteroatoms. The summed E-state index contributed by atoms with van der Waals surface area (Å²) >= 11 is 3.43. The zero-order valence-electron chi connectivity index (χ0n) is 8.92. The van der Waals surface area contributed by atoms with Crippen molar-refractivity contribution >= 4 is 15.9 Å². The lowest BCUT2D eigenvalue weighted by molar-refractivity contribution is 0.252. The first-order chi connectivity index (χ1) is 7.38. The van der Waals surface area contributed by atoms with Crippen LogP contribution in [0.4, 0.5) is 0 Å². The Kier molecular flexibility index (Phi) is 4.07. The molecule has 0 amide bonds. The number of hydrogen-bond donors (Lipinski definition) is 0. The number of halogens is 1. The van der Waals surface area contributed by atoms with Crippen molar-refractivity contribution in [3.8, 4) is 5.75 Å². The topological polar surface area (TPSA) is 9.23 Å². The standard InChI is InChI=1S/C13H17BrO/c14-9-11-5-7-13(8-6-11)15-10-12-3-1-2-4-12/h5-8,12H,1-4,9-10H2. The molecule has 1 aliphatic rings. The molecule has 0 saturated heterocycles. The van der Waals surface area contributed by atoms with Crippen LogP contribution in [0.15, 0.2) is 24.3 Å². The van der Waals surface area contributed by atoms with Crippen molar-refractivity contribution in [3.63, 3.8) is 0 Å². The summed E-state index contributed by atoms with van der Waals surface area (Å²) in [5.41, 5.74) is 1.29. The average molecular weight is 269 g/mol. The first kappa shape index (κ1) is 11.0. The van der Waals surface area contributed by atoms with Gasteiger partial charge in [-0.25, -0.2) is 0 Å². The maximum atomic E-state index is 5.77. The summed E-state index contributed by atoms with van der Waals surface area (Å²) in [7, 11) is 0. The second kappa shape index (κ2) is 5.55. The van der Waals surface area contributed by atoms with Gasteiger partial charge >= 0.3 is 0 Å². The number of alkyl halides is 1. The maximum Gasteiger partial charge on any atom is 0.119 e. The molecule has 1 fully saturated rings. The van der Waals surface area contributed by atoms with E-state index in [4.69, 9.17) is 4.74 Å². The van der Waals surface area contributed by atoms with Gasteiger partial charge in [-0.05, 0) is 36.5 Å². The van der Waals surface area contributed by atoms with Gasteiger partial charge < -0.3 is 4.74 Å². The highest BCUT2D eigenvalue weighted by Gasteiger charge is 2.15. The third-order valence-electron chi connectivity index (χ3n) is 3.04. The van der Waals surface area contributed by atoms with E-state index in [1.165, 1.54) is 31.2 Å². The molecule has 0 radical (unpaired) electrons. The van der Waals surface area contributed by atoms with Crippen LogP contribution in [-0.2, 0) is 5.33 Å². The summed E-state index contributed by atoms with van der Waals surface area (Å²) in [5.74, 6) is 1.80. The van der Waals surface area contributed by atoms with Crippen LogP contribution in [0.2, 0.25) is 0 Å². The van der Waals surface area contributed by atoms with Crippen molar-refractivity contribution in [3.05, 3.63) is 29.8 Å². The van der Waals surface area contributed by atoms with Crippen molar-refractivity contribution in [1.29, 1.82) is 0 Å². The Labute approximate surface area is 100.0 Å². The smallest absolute Gasteiger partial charge is 0.119 e. The van der Waals surface area contributed by atoms with Gasteiger partial charge in [-0.15, -0.1) is 0 Å².